The maximum absolute atomic E-state index is 13.7. The number of nitrogens with one attached hydrogen (secondary N) is 1. The molecule has 6 nitrogen and oxygen atoms in total. The Balaban J connectivity index is 1.80. The third kappa shape index (κ3) is 4.27. The van der Waals surface area contributed by atoms with Crippen molar-refractivity contribution < 1.29 is 9.59 Å². The predicted octanol–water partition coefficient (Wildman–Crippen LogP) is 4.83. The molecule has 0 spiro atoms. The highest BCUT2D eigenvalue weighted by Crippen LogP contribution is 2.35. The Morgan fingerprint density at radius 1 is 0.706 bits per heavy atom. The molecule has 34 heavy (non-hydrogen) atoms. The van der Waals surface area contributed by atoms with Gasteiger partial charge in [-0.15, -0.1) is 0 Å². The summed E-state index contributed by atoms with van der Waals surface area (Å²) in [7, 11) is 7.80. The molecule has 0 aromatic heterocycles. The van der Waals surface area contributed by atoms with Gasteiger partial charge in [0.05, 0.1) is 11.3 Å². The summed E-state index contributed by atoms with van der Waals surface area (Å²) in [5.74, 6) is -0.706. The van der Waals surface area contributed by atoms with Crippen LogP contribution in [0.15, 0.2) is 72.4 Å². The van der Waals surface area contributed by atoms with Crippen LogP contribution in [0.5, 0.6) is 0 Å². The van der Waals surface area contributed by atoms with Gasteiger partial charge in [0.25, 0.3) is 11.8 Å². The minimum Gasteiger partial charge on any atom is -0.378 e. The lowest BCUT2D eigenvalue weighted by Crippen LogP contribution is -2.32. The maximum atomic E-state index is 13.7. The second-order valence-corrected chi connectivity index (χ2v) is 8.98. The van der Waals surface area contributed by atoms with Crippen molar-refractivity contribution >= 4 is 40.1 Å². The molecular formula is C28H30N4O2. The second kappa shape index (κ2) is 9.06. The summed E-state index contributed by atoms with van der Waals surface area (Å²) >= 11 is 0. The molecule has 0 saturated heterocycles. The van der Waals surface area contributed by atoms with E-state index in [1.54, 1.807) is 6.07 Å². The summed E-state index contributed by atoms with van der Waals surface area (Å²) in [6.07, 6.45) is 0. The van der Waals surface area contributed by atoms with Gasteiger partial charge in [-0.3, -0.25) is 9.59 Å². The Morgan fingerprint density at radius 3 is 2.00 bits per heavy atom. The minimum absolute atomic E-state index is 0.279. The van der Waals surface area contributed by atoms with Crippen molar-refractivity contribution in [2.45, 2.75) is 13.8 Å². The number of anilines is 4. The highest BCUT2D eigenvalue weighted by molar-refractivity contribution is 6.46. The Bertz CT molecular complexity index is 1290. The number of carbonyl (C=O) groups is 2. The molecule has 4 rings (SSSR count). The molecule has 1 heterocycles. The molecule has 0 atom stereocenters. The van der Waals surface area contributed by atoms with Crippen molar-refractivity contribution in [1.29, 1.82) is 0 Å². The highest BCUT2D eigenvalue weighted by Gasteiger charge is 2.40. The zero-order valence-electron chi connectivity index (χ0n) is 20.5. The molecule has 0 radical (unpaired) electrons. The van der Waals surface area contributed by atoms with Crippen LogP contribution in [0.1, 0.15) is 16.7 Å². The van der Waals surface area contributed by atoms with E-state index in [0.717, 1.165) is 33.8 Å². The molecule has 0 unspecified atom stereocenters. The van der Waals surface area contributed by atoms with Crippen LogP contribution >= 0.6 is 0 Å². The summed E-state index contributed by atoms with van der Waals surface area (Å²) in [6.45, 7) is 4.03. The monoisotopic (exact) mass is 454 g/mol. The van der Waals surface area contributed by atoms with E-state index in [0.29, 0.717) is 11.3 Å². The molecule has 0 aliphatic carbocycles. The summed E-state index contributed by atoms with van der Waals surface area (Å²) in [5, 5.41) is 3.25. The van der Waals surface area contributed by atoms with E-state index < -0.39 is 0 Å². The predicted molar refractivity (Wildman–Crippen MR) is 140 cm³/mol. The topological polar surface area (TPSA) is 55.9 Å². The third-order valence-electron chi connectivity index (χ3n) is 6.14. The van der Waals surface area contributed by atoms with Gasteiger partial charge in [0, 0.05) is 45.3 Å². The van der Waals surface area contributed by atoms with Crippen LogP contribution < -0.4 is 20.0 Å². The van der Waals surface area contributed by atoms with Crippen LogP contribution in [0, 0.1) is 13.8 Å². The minimum atomic E-state index is -0.370. The summed E-state index contributed by atoms with van der Waals surface area (Å²) in [4.78, 5) is 32.6. The van der Waals surface area contributed by atoms with Crippen LogP contribution in [-0.2, 0) is 9.59 Å². The number of hydrogen-bond donors (Lipinski definition) is 1. The Hall–Kier alpha value is -4.06. The van der Waals surface area contributed by atoms with Crippen LogP contribution in [0.25, 0.3) is 5.57 Å². The Morgan fingerprint density at radius 2 is 1.38 bits per heavy atom. The summed E-state index contributed by atoms with van der Waals surface area (Å²) < 4.78 is 0. The summed E-state index contributed by atoms with van der Waals surface area (Å²) in [5.41, 5.74) is 6.81. The van der Waals surface area contributed by atoms with E-state index in [4.69, 9.17) is 0 Å². The first-order valence-corrected chi connectivity index (χ1v) is 11.2. The number of rotatable bonds is 6. The van der Waals surface area contributed by atoms with Crippen molar-refractivity contribution in [1.82, 2.24) is 0 Å². The first-order chi connectivity index (χ1) is 16.2. The van der Waals surface area contributed by atoms with Crippen molar-refractivity contribution in [2.24, 2.45) is 0 Å². The number of imide groups is 1. The van der Waals surface area contributed by atoms with Crippen LogP contribution in [-0.4, -0.2) is 40.0 Å². The van der Waals surface area contributed by atoms with E-state index in [1.807, 2.05) is 113 Å². The van der Waals surface area contributed by atoms with Gasteiger partial charge in [0.1, 0.15) is 5.70 Å². The lowest BCUT2D eigenvalue weighted by atomic mass is 9.99. The second-order valence-electron chi connectivity index (χ2n) is 8.98. The number of amides is 2. The van der Waals surface area contributed by atoms with E-state index in [-0.39, 0.29) is 17.5 Å². The van der Waals surface area contributed by atoms with Crippen molar-refractivity contribution in [3.05, 3.63) is 89.1 Å². The molecule has 2 amide bonds. The molecule has 0 bridgehead atoms. The van der Waals surface area contributed by atoms with Gasteiger partial charge in [0.2, 0.25) is 0 Å². The molecule has 1 aliphatic heterocycles. The van der Waals surface area contributed by atoms with Crippen molar-refractivity contribution in [3.8, 4) is 0 Å². The molecular weight excluding hydrogens is 424 g/mol. The van der Waals surface area contributed by atoms with E-state index in [2.05, 4.69) is 5.32 Å². The van der Waals surface area contributed by atoms with Gasteiger partial charge >= 0.3 is 0 Å². The largest absolute Gasteiger partial charge is 0.378 e. The van der Waals surface area contributed by atoms with Gasteiger partial charge < -0.3 is 15.1 Å². The van der Waals surface area contributed by atoms with Gasteiger partial charge in [-0.25, -0.2) is 4.90 Å². The van der Waals surface area contributed by atoms with E-state index >= 15 is 0 Å². The molecule has 1 N–H and O–H groups in total. The van der Waals surface area contributed by atoms with E-state index in [9.17, 15) is 9.59 Å². The fraction of sp³-hybridized carbons (Fsp3) is 0.214. The average Bonchev–Trinajstić information content (AvgIpc) is 3.05. The first kappa shape index (κ1) is 23.1. The van der Waals surface area contributed by atoms with Crippen molar-refractivity contribution in [2.75, 3.05) is 48.2 Å². The lowest BCUT2D eigenvalue weighted by molar-refractivity contribution is -0.120. The number of aryl methyl sites for hydroxylation is 2. The van der Waals surface area contributed by atoms with Gasteiger partial charge in [0.15, 0.2) is 0 Å². The number of nitrogens with zero attached hydrogens (tertiary/aromatic N) is 3. The molecule has 3 aromatic rings. The van der Waals surface area contributed by atoms with Crippen LogP contribution in [0.3, 0.4) is 0 Å². The smallest absolute Gasteiger partial charge is 0.282 e. The van der Waals surface area contributed by atoms with Crippen LogP contribution in [0.2, 0.25) is 0 Å². The quantitative estimate of drug-likeness (QED) is 0.541. The van der Waals surface area contributed by atoms with Gasteiger partial charge in [-0.1, -0.05) is 24.3 Å². The average molecular weight is 455 g/mol. The third-order valence-corrected chi connectivity index (χ3v) is 6.14. The fourth-order valence-corrected chi connectivity index (χ4v) is 3.94. The molecule has 0 saturated carbocycles. The lowest BCUT2D eigenvalue weighted by Gasteiger charge is -2.19. The number of hydrogen-bond acceptors (Lipinski definition) is 5. The van der Waals surface area contributed by atoms with Gasteiger partial charge in [-0.2, -0.15) is 0 Å². The Kier molecular flexibility index (Phi) is 6.16. The first-order valence-electron chi connectivity index (χ1n) is 11.2. The fourth-order valence-electron chi connectivity index (χ4n) is 3.94. The standard InChI is InChI=1S/C28H30N4O2/c1-18-10-11-20(16-19(18)2)25-26(29-21-12-14-22(15-13-21)30(3)4)28(34)32(27(25)33)24-9-7-8-23(17-24)31(5)6/h7-17,29H,1-6H3. The van der Waals surface area contributed by atoms with Crippen LogP contribution in [0.4, 0.5) is 22.7 Å². The maximum Gasteiger partial charge on any atom is 0.282 e. The SMILES string of the molecule is Cc1ccc(C2=C(Nc3ccc(N(C)C)cc3)C(=O)N(c3cccc(N(C)C)c3)C2=O)cc1C. The molecule has 174 valence electrons. The molecule has 0 fully saturated rings. The highest BCUT2D eigenvalue weighted by atomic mass is 16.2. The van der Waals surface area contributed by atoms with Crippen molar-refractivity contribution in [3.63, 3.8) is 0 Å². The summed E-state index contributed by atoms with van der Waals surface area (Å²) in [6, 6.07) is 21.0. The number of benzene rings is 3. The van der Waals surface area contributed by atoms with E-state index in [1.165, 1.54) is 4.90 Å². The normalized spacial score (nSPS) is 13.5. The molecule has 6 heteroatoms. The zero-order chi connectivity index (χ0) is 24.6. The Labute approximate surface area is 201 Å². The van der Waals surface area contributed by atoms with Gasteiger partial charge in [-0.05, 0) is 73.0 Å². The molecule has 3 aromatic carbocycles. The zero-order valence-corrected chi connectivity index (χ0v) is 20.5. The molecule has 1 aliphatic rings. The number of carbonyl (C=O) groups excluding carboxylic acids is 2.